The van der Waals surface area contributed by atoms with Gasteiger partial charge in [0.1, 0.15) is 0 Å². The van der Waals surface area contributed by atoms with Crippen molar-refractivity contribution >= 4 is 40.8 Å². The van der Waals surface area contributed by atoms with Crippen LogP contribution in [-0.2, 0) is 14.3 Å². The highest BCUT2D eigenvalue weighted by Crippen LogP contribution is 2.24. The van der Waals surface area contributed by atoms with E-state index in [9.17, 15) is 9.59 Å². The van der Waals surface area contributed by atoms with Gasteiger partial charge in [-0.15, -0.1) is 0 Å². The van der Waals surface area contributed by atoms with Crippen molar-refractivity contribution in [3.8, 4) is 0 Å². The first-order valence-electron chi connectivity index (χ1n) is 9.22. The molecule has 0 radical (unpaired) electrons. The minimum atomic E-state index is -0.391. The van der Waals surface area contributed by atoms with Gasteiger partial charge >= 0.3 is 5.97 Å². The van der Waals surface area contributed by atoms with Crippen molar-refractivity contribution in [3.63, 3.8) is 0 Å². The average molecular weight is 422 g/mol. The molecule has 1 saturated heterocycles. The number of esters is 1. The predicted octanol–water partition coefficient (Wildman–Crippen LogP) is 3.14. The van der Waals surface area contributed by atoms with Gasteiger partial charge in [-0.2, -0.15) is 0 Å². The summed E-state index contributed by atoms with van der Waals surface area (Å²) in [4.78, 5) is 26.1. The Hall–Kier alpha value is -2.08. The van der Waals surface area contributed by atoms with E-state index in [0.717, 1.165) is 10.5 Å². The molecule has 28 heavy (non-hydrogen) atoms. The van der Waals surface area contributed by atoms with Gasteiger partial charge in [-0.3, -0.25) is 9.59 Å². The molecule has 7 heteroatoms. The van der Waals surface area contributed by atoms with E-state index in [-0.39, 0.29) is 17.8 Å². The average Bonchev–Trinajstić information content (AvgIpc) is 2.68. The lowest BCUT2D eigenvalue weighted by molar-refractivity contribution is -0.927. The van der Waals surface area contributed by atoms with Gasteiger partial charge in [-0.25, -0.2) is 0 Å². The molecule has 1 amide bonds. The SMILES string of the molecule is COC(=O)C1CC[NH+]([C@H](C(=O)Nc2cc(Cl)cc(Cl)c2)c2ccccc2)CC1. The first-order valence-corrected chi connectivity index (χ1v) is 9.98. The topological polar surface area (TPSA) is 59.8 Å². The number of benzene rings is 2. The molecule has 1 fully saturated rings. The lowest BCUT2D eigenvalue weighted by Crippen LogP contribution is -3.14. The molecule has 2 N–H and O–H groups in total. The van der Waals surface area contributed by atoms with Gasteiger partial charge in [0.15, 0.2) is 6.04 Å². The summed E-state index contributed by atoms with van der Waals surface area (Å²) in [5.41, 5.74) is 1.49. The number of nitrogens with one attached hydrogen (secondary N) is 2. The second kappa shape index (κ2) is 9.41. The fraction of sp³-hybridized carbons (Fsp3) is 0.333. The fourth-order valence-corrected chi connectivity index (χ4v) is 4.26. The maximum atomic E-state index is 13.2. The molecule has 0 spiro atoms. The summed E-state index contributed by atoms with van der Waals surface area (Å²) < 4.78 is 4.87. The van der Waals surface area contributed by atoms with E-state index in [1.807, 2.05) is 30.3 Å². The fourth-order valence-electron chi connectivity index (χ4n) is 3.74. The zero-order chi connectivity index (χ0) is 20.1. The molecule has 0 aliphatic carbocycles. The number of methoxy groups -OCH3 is 1. The molecular weight excluding hydrogens is 399 g/mol. The summed E-state index contributed by atoms with van der Waals surface area (Å²) in [6.07, 6.45) is 1.39. The van der Waals surface area contributed by atoms with Crippen LogP contribution in [0.25, 0.3) is 0 Å². The van der Waals surface area contributed by atoms with Crippen LogP contribution in [-0.4, -0.2) is 32.1 Å². The summed E-state index contributed by atoms with van der Waals surface area (Å²) in [7, 11) is 1.41. The molecular formula is C21H23Cl2N2O3+. The van der Waals surface area contributed by atoms with Crippen molar-refractivity contribution in [1.29, 1.82) is 0 Å². The van der Waals surface area contributed by atoms with Crippen LogP contribution in [0.4, 0.5) is 5.69 Å². The maximum Gasteiger partial charge on any atom is 0.309 e. The third kappa shape index (κ3) is 5.04. The van der Waals surface area contributed by atoms with Crippen LogP contribution < -0.4 is 10.2 Å². The van der Waals surface area contributed by atoms with Crippen molar-refractivity contribution in [3.05, 3.63) is 64.1 Å². The number of hydrogen-bond acceptors (Lipinski definition) is 3. The monoisotopic (exact) mass is 421 g/mol. The Morgan fingerprint density at radius 3 is 2.25 bits per heavy atom. The minimum Gasteiger partial charge on any atom is -0.469 e. The highest BCUT2D eigenvalue weighted by Gasteiger charge is 2.36. The number of carbonyl (C=O) groups is 2. The van der Waals surface area contributed by atoms with Gasteiger partial charge in [0.2, 0.25) is 0 Å². The van der Waals surface area contributed by atoms with E-state index in [1.165, 1.54) is 7.11 Å². The standard InChI is InChI=1S/C21H22Cl2N2O3/c1-28-21(27)15-7-9-25(10-8-15)19(14-5-3-2-4-6-14)20(26)24-18-12-16(22)11-17(23)13-18/h2-6,11-13,15,19H,7-10H2,1H3,(H,24,26)/p+1/t19-/m0/s1. The van der Waals surface area contributed by atoms with Crippen molar-refractivity contribution in [1.82, 2.24) is 0 Å². The highest BCUT2D eigenvalue weighted by molar-refractivity contribution is 6.35. The number of likely N-dealkylation sites (tertiary alicyclic amines) is 1. The van der Waals surface area contributed by atoms with Crippen molar-refractivity contribution < 1.29 is 19.2 Å². The van der Waals surface area contributed by atoms with Crippen LogP contribution >= 0.6 is 23.2 Å². The van der Waals surface area contributed by atoms with E-state index >= 15 is 0 Å². The van der Waals surface area contributed by atoms with Gasteiger partial charge < -0.3 is 15.0 Å². The number of ether oxygens (including phenoxy) is 1. The maximum absolute atomic E-state index is 13.2. The summed E-state index contributed by atoms with van der Waals surface area (Å²) in [6, 6.07) is 14.3. The Balaban J connectivity index is 1.80. The second-order valence-electron chi connectivity index (χ2n) is 6.95. The molecule has 0 bridgehead atoms. The number of halogens is 2. The van der Waals surface area contributed by atoms with Crippen LogP contribution in [0.5, 0.6) is 0 Å². The van der Waals surface area contributed by atoms with E-state index in [0.29, 0.717) is 41.7 Å². The second-order valence-corrected chi connectivity index (χ2v) is 7.82. The van der Waals surface area contributed by atoms with Crippen LogP contribution in [0.3, 0.4) is 0 Å². The molecule has 5 nitrogen and oxygen atoms in total. The van der Waals surface area contributed by atoms with Crippen molar-refractivity contribution in [2.75, 3.05) is 25.5 Å². The summed E-state index contributed by atoms with van der Waals surface area (Å²) >= 11 is 12.1. The first-order chi connectivity index (χ1) is 13.5. The summed E-state index contributed by atoms with van der Waals surface area (Å²) in [5, 5.41) is 3.87. The largest absolute Gasteiger partial charge is 0.469 e. The number of piperidine rings is 1. The van der Waals surface area contributed by atoms with Crippen LogP contribution in [0, 0.1) is 5.92 Å². The smallest absolute Gasteiger partial charge is 0.309 e. The molecule has 1 heterocycles. The van der Waals surface area contributed by atoms with E-state index in [4.69, 9.17) is 27.9 Å². The van der Waals surface area contributed by atoms with Crippen LogP contribution in [0.1, 0.15) is 24.4 Å². The Morgan fingerprint density at radius 2 is 1.68 bits per heavy atom. The summed E-state index contributed by atoms with van der Waals surface area (Å²) in [5.74, 6) is -0.399. The molecule has 1 aliphatic heterocycles. The molecule has 1 atom stereocenters. The third-order valence-corrected chi connectivity index (χ3v) is 5.53. The number of hydrogen-bond donors (Lipinski definition) is 2. The Kier molecular flexibility index (Phi) is 6.94. The van der Waals surface area contributed by atoms with Gasteiger partial charge in [0.25, 0.3) is 5.91 Å². The molecule has 1 aliphatic rings. The molecule has 0 saturated carbocycles. The minimum absolute atomic E-state index is 0.0972. The van der Waals surface area contributed by atoms with E-state index < -0.39 is 6.04 Å². The Labute approximate surface area is 174 Å². The lowest BCUT2D eigenvalue weighted by atomic mass is 9.94. The van der Waals surface area contributed by atoms with Crippen LogP contribution in [0.2, 0.25) is 10.0 Å². The quantitative estimate of drug-likeness (QED) is 0.728. The lowest BCUT2D eigenvalue weighted by Gasteiger charge is -2.33. The number of carbonyl (C=O) groups excluding carboxylic acids is 2. The molecule has 2 aromatic rings. The Bertz CT molecular complexity index is 817. The number of quaternary nitrogens is 1. The molecule has 3 rings (SSSR count). The molecule has 0 unspecified atom stereocenters. The van der Waals surface area contributed by atoms with Crippen molar-refractivity contribution in [2.45, 2.75) is 18.9 Å². The van der Waals surface area contributed by atoms with Gasteiger partial charge in [-0.1, -0.05) is 53.5 Å². The third-order valence-electron chi connectivity index (χ3n) is 5.10. The van der Waals surface area contributed by atoms with E-state index in [1.54, 1.807) is 18.2 Å². The summed E-state index contributed by atoms with van der Waals surface area (Å²) in [6.45, 7) is 1.42. The molecule has 148 valence electrons. The van der Waals surface area contributed by atoms with E-state index in [2.05, 4.69) is 5.32 Å². The van der Waals surface area contributed by atoms with Crippen LogP contribution in [0.15, 0.2) is 48.5 Å². The number of amides is 1. The number of rotatable bonds is 5. The molecule has 0 aromatic heterocycles. The predicted molar refractivity (Wildman–Crippen MR) is 110 cm³/mol. The molecule has 2 aromatic carbocycles. The van der Waals surface area contributed by atoms with Gasteiger partial charge in [0.05, 0.1) is 26.1 Å². The highest BCUT2D eigenvalue weighted by atomic mass is 35.5. The normalized spacial score (nSPS) is 20.2. The first kappa shape index (κ1) is 20.6. The van der Waals surface area contributed by atoms with Crippen molar-refractivity contribution in [2.24, 2.45) is 5.92 Å². The zero-order valence-corrected chi connectivity index (χ0v) is 17.1. The zero-order valence-electron chi connectivity index (χ0n) is 15.6. The Morgan fingerprint density at radius 1 is 1.07 bits per heavy atom. The van der Waals surface area contributed by atoms with Gasteiger partial charge in [0, 0.05) is 34.1 Å². The number of anilines is 1. The van der Waals surface area contributed by atoms with Gasteiger partial charge in [-0.05, 0) is 18.2 Å².